The molecular weight excluding hydrogens is 175 g/mol. The van der Waals surface area contributed by atoms with E-state index < -0.39 is 0 Å². The van der Waals surface area contributed by atoms with Crippen LogP contribution in [0.1, 0.15) is 6.92 Å². The van der Waals surface area contributed by atoms with E-state index in [4.69, 9.17) is 9.47 Å². The van der Waals surface area contributed by atoms with Crippen LogP contribution in [0.15, 0.2) is 24.3 Å². The van der Waals surface area contributed by atoms with Gasteiger partial charge in [-0.05, 0) is 17.4 Å². The summed E-state index contributed by atoms with van der Waals surface area (Å²) < 4.78 is 10.3. The summed E-state index contributed by atoms with van der Waals surface area (Å²) in [6.45, 7) is 3.87. The van der Waals surface area contributed by atoms with E-state index in [1.54, 1.807) is 7.11 Å². The standard InChI is InChI=1S/C11H14BO2/c1-11(7-14-8-11)12-9-3-5-10(13-2)6-4-9/h3-6H,7-8H2,1-2H3. The van der Waals surface area contributed by atoms with Crippen LogP contribution in [-0.2, 0) is 4.74 Å². The highest BCUT2D eigenvalue weighted by Gasteiger charge is 2.34. The highest BCUT2D eigenvalue weighted by Crippen LogP contribution is 2.32. The summed E-state index contributed by atoms with van der Waals surface area (Å²) in [5.41, 5.74) is 1.23. The van der Waals surface area contributed by atoms with Gasteiger partial charge in [-0.2, -0.15) is 0 Å². The Morgan fingerprint density at radius 1 is 1.29 bits per heavy atom. The largest absolute Gasteiger partial charge is 0.497 e. The molecule has 1 aromatic carbocycles. The molecule has 14 heavy (non-hydrogen) atoms. The van der Waals surface area contributed by atoms with E-state index in [9.17, 15) is 0 Å². The molecule has 1 aromatic rings. The van der Waals surface area contributed by atoms with Gasteiger partial charge < -0.3 is 9.47 Å². The van der Waals surface area contributed by atoms with Crippen molar-refractivity contribution in [2.75, 3.05) is 20.3 Å². The minimum Gasteiger partial charge on any atom is -0.497 e. The van der Waals surface area contributed by atoms with Crippen LogP contribution in [0.3, 0.4) is 0 Å². The summed E-state index contributed by atoms with van der Waals surface area (Å²) in [7, 11) is 3.94. The summed E-state index contributed by atoms with van der Waals surface area (Å²) in [5, 5.41) is 0.231. The van der Waals surface area contributed by atoms with E-state index in [1.807, 2.05) is 12.1 Å². The topological polar surface area (TPSA) is 18.5 Å². The molecule has 0 amide bonds. The van der Waals surface area contributed by atoms with Crippen LogP contribution in [-0.4, -0.2) is 27.6 Å². The lowest BCUT2D eigenvalue weighted by atomic mass is 9.48. The number of hydrogen-bond acceptors (Lipinski definition) is 2. The molecule has 1 heterocycles. The van der Waals surface area contributed by atoms with E-state index in [1.165, 1.54) is 5.46 Å². The van der Waals surface area contributed by atoms with Gasteiger partial charge in [-0.15, -0.1) is 0 Å². The smallest absolute Gasteiger partial charge is 0.164 e. The zero-order valence-corrected chi connectivity index (χ0v) is 8.62. The Hall–Kier alpha value is -0.955. The van der Waals surface area contributed by atoms with Gasteiger partial charge in [0, 0.05) is 13.2 Å². The number of methoxy groups -OCH3 is 1. The minimum absolute atomic E-state index is 0.231. The van der Waals surface area contributed by atoms with Crippen molar-refractivity contribution in [3.05, 3.63) is 24.3 Å². The molecule has 1 saturated heterocycles. The molecule has 2 nitrogen and oxygen atoms in total. The molecule has 3 heteroatoms. The second-order valence-electron chi connectivity index (χ2n) is 4.06. The van der Waals surface area contributed by atoms with Gasteiger partial charge in [-0.1, -0.05) is 24.5 Å². The Labute approximate surface area is 85.5 Å². The molecule has 0 atom stereocenters. The maximum absolute atomic E-state index is 5.20. The zero-order valence-electron chi connectivity index (χ0n) is 8.62. The highest BCUT2D eigenvalue weighted by molar-refractivity contribution is 6.57. The molecular formula is C11H14BO2. The summed E-state index contributed by atoms with van der Waals surface area (Å²) in [5.74, 6) is 0.900. The Balaban J connectivity index is 2.02. The quantitative estimate of drug-likeness (QED) is 0.666. The lowest BCUT2D eigenvalue weighted by Crippen LogP contribution is -2.42. The average molecular weight is 189 g/mol. The fourth-order valence-corrected chi connectivity index (χ4v) is 1.61. The van der Waals surface area contributed by atoms with Crippen molar-refractivity contribution >= 4 is 12.7 Å². The molecule has 0 aliphatic carbocycles. The van der Waals surface area contributed by atoms with Crippen LogP contribution in [0.25, 0.3) is 0 Å². The summed E-state index contributed by atoms with van der Waals surface area (Å²) in [4.78, 5) is 0. The van der Waals surface area contributed by atoms with E-state index in [2.05, 4.69) is 26.3 Å². The second kappa shape index (κ2) is 3.66. The molecule has 0 spiro atoms. The Kier molecular flexibility index (Phi) is 2.51. The van der Waals surface area contributed by atoms with Crippen LogP contribution in [0, 0.1) is 0 Å². The van der Waals surface area contributed by atoms with Gasteiger partial charge in [0.25, 0.3) is 0 Å². The van der Waals surface area contributed by atoms with Crippen LogP contribution >= 0.6 is 0 Å². The van der Waals surface area contributed by atoms with E-state index in [-0.39, 0.29) is 5.31 Å². The fraction of sp³-hybridized carbons (Fsp3) is 0.455. The third-order valence-corrected chi connectivity index (χ3v) is 2.49. The molecule has 2 rings (SSSR count). The maximum Gasteiger partial charge on any atom is 0.164 e. The van der Waals surface area contributed by atoms with Gasteiger partial charge in [-0.3, -0.25) is 0 Å². The van der Waals surface area contributed by atoms with Gasteiger partial charge in [0.05, 0.1) is 7.11 Å². The van der Waals surface area contributed by atoms with Gasteiger partial charge in [0.2, 0.25) is 0 Å². The number of rotatable bonds is 3. The first-order chi connectivity index (χ1) is 6.72. The molecule has 0 saturated carbocycles. The molecule has 0 N–H and O–H groups in total. The normalized spacial score (nSPS) is 18.4. The molecule has 1 aliphatic rings. The maximum atomic E-state index is 5.20. The summed E-state index contributed by atoms with van der Waals surface area (Å²) in [6, 6.07) is 8.11. The summed E-state index contributed by atoms with van der Waals surface area (Å²) >= 11 is 0. The second-order valence-corrected chi connectivity index (χ2v) is 4.06. The first-order valence-electron chi connectivity index (χ1n) is 4.80. The predicted octanol–water partition coefficient (Wildman–Crippen LogP) is 1.23. The van der Waals surface area contributed by atoms with Crippen molar-refractivity contribution in [3.63, 3.8) is 0 Å². The molecule has 1 fully saturated rings. The van der Waals surface area contributed by atoms with Crippen molar-refractivity contribution in [1.82, 2.24) is 0 Å². The number of hydrogen-bond donors (Lipinski definition) is 0. The SMILES string of the molecule is COc1ccc([B]C2(C)COC2)cc1. The lowest BCUT2D eigenvalue weighted by molar-refractivity contribution is -0.0109. The highest BCUT2D eigenvalue weighted by atomic mass is 16.5. The third-order valence-electron chi connectivity index (χ3n) is 2.49. The van der Waals surface area contributed by atoms with Crippen LogP contribution < -0.4 is 10.2 Å². The van der Waals surface area contributed by atoms with Crippen molar-refractivity contribution in [2.24, 2.45) is 0 Å². The monoisotopic (exact) mass is 189 g/mol. The lowest BCUT2D eigenvalue weighted by Gasteiger charge is -2.37. The molecule has 73 valence electrons. The molecule has 0 unspecified atom stereocenters. The number of ether oxygens (including phenoxy) is 2. The fourth-order valence-electron chi connectivity index (χ4n) is 1.61. The first-order valence-corrected chi connectivity index (χ1v) is 4.80. The van der Waals surface area contributed by atoms with Crippen molar-refractivity contribution in [3.8, 4) is 5.75 Å². The van der Waals surface area contributed by atoms with Gasteiger partial charge >= 0.3 is 0 Å². The van der Waals surface area contributed by atoms with Crippen molar-refractivity contribution in [1.29, 1.82) is 0 Å². The third kappa shape index (κ3) is 1.93. The van der Waals surface area contributed by atoms with Crippen LogP contribution in [0.4, 0.5) is 0 Å². The average Bonchev–Trinajstić information content (AvgIpc) is 2.17. The van der Waals surface area contributed by atoms with Gasteiger partial charge in [-0.25, -0.2) is 0 Å². The van der Waals surface area contributed by atoms with Gasteiger partial charge in [0.15, 0.2) is 7.28 Å². The Morgan fingerprint density at radius 3 is 2.36 bits per heavy atom. The summed E-state index contributed by atoms with van der Waals surface area (Å²) in [6.07, 6.45) is 0. The molecule has 1 aliphatic heterocycles. The van der Waals surface area contributed by atoms with E-state index in [0.29, 0.717) is 0 Å². The zero-order chi connectivity index (χ0) is 10.0. The van der Waals surface area contributed by atoms with Crippen LogP contribution in [0.5, 0.6) is 5.75 Å². The van der Waals surface area contributed by atoms with E-state index >= 15 is 0 Å². The molecule has 0 bridgehead atoms. The molecule has 1 radical (unpaired) electrons. The van der Waals surface area contributed by atoms with Crippen molar-refractivity contribution < 1.29 is 9.47 Å². The Morgan fingerprint density at radius 2 is 1.93 bits per heavy atom. The van der Waals surface area contributed by atoms with E-state index in [0.717, 1.165) is 19.0 Å². The predicted molar refractivity (Wildman–Crippen MR) is 57.6 cm³/mol. The first kappa shape index (κ1) is 9.59. The number of benzene rings is 1. The molecule has 0 aromatic heterocycles. The Bertz CT molecular complexity index is 304. The van der Waals surface area contributed by atoms with Crippen molar-refractivity contribution in [2.45, 2.75) is 12.2 Å². The van der Waals surface area contributed by atoms with Crippen LogP contribution in [0.2, 0.25) is 5.31 Å². The minimum atomic E-state index is 0.231. The van der Waals surface area contributed by atoms with Gasteiger partial charge in [0.1, 0.15) is 5.75 Å².